The summed E-state index contributed by atoms with van der Waals surface area (Å²) in [6, 6.07) is 7.43. The van der Waals surface area contributed by atoms with Crippen molar-refractivity contribution >= 4 is 11.6 Å². The molecule has 0 heterocycles. The Kier molecular flexibility index (Phi) is 4.65. The summed E-state index contributed by atoms with van der Waals surface area (Å²) >= 11 is 0. The molecular weight excluding hydrogens is 252 g/mol. The number of aliphatic hydroxyl groups is 1. The zero-order chi connectivity index (χ0) is 14.6. The van der Waals surface area contributed by atoms with Crippen molar-refractivity contribution in [2.45, 2.75) is 38.1 Å². The number of benzene rings is 1. The zero-order valence-electron chi connectivity index (χ0n) is 12.3. The Bertz CT molecular complexity index is 465. The molecule has 1 aromatic rings. The van der Waals surface area contributed by atoms with Crippen molar-refractivity contribution < 1.29 is 9.90 Å². The molecule has 1 saturated carbocycles. The van der Waals surface area contributed by atoms with E-state index in [1.807, 2.05) is 18.2 Å². The molecule has 4 nitrogen and oxygen atoms in total. The van der Waals surface area contributed by atoms with Crippen LogP contribution in [0.3, 0.4) is 0 Å². The molecule has 2 rings (SSSR count). The summed E-state index contributed by atoms with van der Waals surface area (Å²) in [6.45, 7) is 2.23. The Morgan fingerprint density at radius 3 is 2.60 bits per heavy atom. The third kappa shape index (κ3) is 3.12. The number of carbonyl (C=O) groups is 1. The fourth-order valence-corrected chi connectivity index (χ4v) is 2.84. The summed E-state index contributed by atoms with van der Waals surface area (Å²) in [4.78, 5) is 12.5. The molecule has 1 amide bonds. The molecule has 3 N–H and O–H groups in total. The van der Waals surface area contributed by atoms with E-state index in [9.17, 15) is 9.90 Å². The lowest BCUT2D eigenvalue weighted by Gasteiger charge is -2.38. The van der Waals surface area contributed by atoms with Crippen LogP contribution >= 0.6 is 0 Å². The van der Waals surface area contributed by atoms with E-state index in [0.29, 0.717) is 11.5 Å². The lowest BCUT2D eigenvalue weighted by Crippen LogP contribution is -2.53. The number of nitrogens with one attached hydrogen (secondary N) is 2. The van der Waals surface area contributed by atoms with E-state index < -0.39 is 5.54 Å². The maximum absolute atomic E-state index is 12.5. The van der Waals surface area contributed by atoms with Gasteiger partial charge in [-0.25, -0.2) is 0 Å². The minimum atomic E-state index is -0.454. The van der Waals surface area contributed by atoms with Crippen LogP contribution in [0.15, 0.2) is 24.3 Å². The summed E-state index contributed by atoms with van der Waals surface area (Å²) in [5.41, 5.74) is 0.980. The third-order valence-electron chi connectivity index (χ3n) is 4.35. The second kappa shape index (κ2) is 6.27. The van der Waals surface area contributed by atoms with Gasteiger partial charge in [-0.2, -0.15) is 0 Å². The highest BCUT2D eigenvalue weighted by molar-refractivity contribution is 6.00. The molecule has 0 radical (unpaired) electrons. The van der Waals surface area contributed by atoms with Gasteiger partial charge in [0.15, 0.2) is 0 Å². The van der Waals surface area contributed by atoms with Crippen molar-refractivity contribution in [2.24, 2.45) is 5.92 Å². The average Bonchev–Trinajstić information content (AvgIpc) is 2.49. The summed E-state index contributed by atoms with van der Waals surface area (Å²) in [7, 11) is 1.80. The van der Waals surface area contributed by atoms with Crippen LogP contribution in [0.25, 0.3) is 0 Å². The smallest absolute Gasteiger partial charge is 0.253 e. The van der Waals surface area contributed by atoms with E-state index in [1.54, 1.807) is 13.1 Å². The molecule has 0 saturated heterocycles. The first-order valence-corrected chi connectivity index (χ1v) is 7.30. The predicted octanol–water partition coefficient (Wildman–Crippen LogP) is 2.40. The van der Waals surface area contributed by atoms with Gasteiger partial charge in [-0.1, -0.05) is 19.1 Å². The fraction of sp³-hybridized carbons (Fsp3) is 0.562. The van der Waals surface area contributed by atoms with Crippen LogP contribution in [0.4, 0.5) is 5.69 Å². The van der Waals surface area contributed by atoms with Crippen LogP contribution in [0.5, 0.6) is 0 Å². The van der Waals surface area contributed by atoms with Crippen LogP contribution < -0.4 is 10.6 Å². The van der Waals surface area contributed by atoms with Crippen molar-refractivity contribution in [3.8, 4) is 0 Å². The quantitative estimate of drug-likeness (QED) is 0.791. The number of aliphatic hydroxyl groups excluding tert-OH is 1. The number of hydrogen-bond donors (Lipinski definition) is 3. The molecule has 0 atom stereocenters. The summed E-state index contributed by atoms with van der Waals surface area (Å²) in [5, 5.41) is 15.8. The normalized spacial score (nSPS) is 26.1. The Hall–Kier alpha value is -1.55. The Balaban J connectivity index is 2.13. The molecule has 1 aliphatic carbocycles. The lowest BCUT2D eigenvalue weighted by molar-refractivity contribution is 0.0718. The molecule has 4 heteroatoms. The van der Waals surface area contributed by atoms with E-state index in [2.05, 4.69) is 17.6 Å². The zero-order valence-corrected chi connectivity index (χ0v) is 12.3. The van der Waals surface area contributed by atoms with Gasteiger partial charge < -0.3 is 15.7 Å². The van der Waals surface area contributed by atoms with Gasteiger partial charge in [0.1, 0.15) is 0 Å². The van der Waals surface area contributed by atoms with Crippen LogP contribution in [-0.4, -0.2) is 30.2 Å². The van der Waals surface area contributed by atoms with Crippen molar-refractivity contribution in [1.29, 1.82) is 0 Å². The molecule has 0 spiro atoms. The Morgan fingerprint density at radius 2 is 2.00 bits per heavy atom. The molecule has 110 valence electrons. The largest absolute Gasteiger partial charge is 0.394 e. The van der Waals surface area contributed by atoms with E-state index in [1.165, 1.54) is 0 Å². The van der Waals surface area contributed by atoms with Gasteiger partial charge in [0.05, 0.1) is 17.7 Å². The molecule has 1 aromatic carbocycles. The molecule has 20 heavy (non-hydrogen) atoms. The van der Waals surface area contributed by atoms with Crippen molar-refractivity contribution in [2.75, 3.05) is 19.0 Å². The van der Waals surface area contributed by atoms with Gasteiger partial charge in [0, 0.05) is 12.7 Å². The second-order valence-electron chi connectivity index (χ2n) is 5.87. The summed E-state index contributed by atoms with van der Waals surface area (Å²) < 4.78 is 0. The number of amides is 1. The fourth-order valence-electron chi connectivity index (χ4n) is 2.84. The number of carbonyl (C=O) groups excluding carboxylic acids is 1. The highest BCUT2D eigenvalue weighted by Gasteiger charge is 2.35. The summed E-state index contributed by atoms with van der Waals surface area (Å²) in [6.07, 6.45) is 3.79. The van der Waals surface area contributed by atoms with Crippen molar-refractivity contribution in [3.05, 3.63) is 29.8 Å². The van der Waals surface area contributed by atoms with Gasteiger partial charge in [0.2, 0.25) is 0 Å². The van der Waals surface area contributed by atoms with Crippen molar-refractivity contribution in [3.63, 3.8) is 0 Å². The van der Waals surface area contributed by atoms with E-state index in [-0.39, 0.29) is 12.5 Å². The molecule has 0 unspecified atom stereocenters. The van der Waals surface area contributed by atoms with Gasteiger partial charge >= 0.3 is 0 Å². The molecule has 0 aliphatic heterocycles. The van der Waals surface area contributed by atoms with E-state index >= 15 is 0 Å². The van der Waals surface area contributed by atoms with Gasteiger partial charge in [0.25, 0.3) is 5.91 Å². The number of anilines is 1. The van der Waals surface area contributed by atoms with Crippen LogP contribution in [-0.2, 0) is 0 Å². The Morgan fingerprint density at radius 1 is 1.35 bits per heavy atom. The average molecular weight is 276 g/mol. The topological polar surface area (TPSA) is 61.4 Å². The third-order valence-corrected chi connectivity index (χ3v) is 4.35. The molecule has 1 fully saturated rings. The van der Waals surface area contributed by atoms with Crippen LogP contribution in [0.1, 0.15) is 43.0 Å². The Labute approximate surface area is 120 Å². The van der Waals surface area contributed by atoms with Crippen LogP contribution in [0.2, 0.25) is 0 Å². The first-order chi connectivity index (χ1) is 9.60. The number of hydrogen-bond acceptors (Lipinski definition) is 3. The molecule has 0 aromatic heterocycles. The van der Waals surface area contributed by atoms with E-state index in [4.69, 9.17) is 0 Å². The SMILES string of the molecule is CNc1ccccc1C(=O)NC1(CO)CCC(C)CC1. The highest BCUT2D eigenvalue weighted by Crippen LogP contribution is 2.32. The molecule has 0 bridgehead atoms. The minimum Gasteiger partial charge on any atom is -0.394 e. The predicted molar refractivity (Wildman–Crippen MR) is 80.9 cm³/mol. The second-order valence-corrected chi connectivity index (χ2v) is 5.87. The number of rotatable bonds is 4. The maximum Gasteiger partial charge on any atom is 0.253 e. The van der Waals surface area contributed by atoms with Crippen LogP contribution in [0, 0.1) is 5.92 Å². The minimum absolute atomic E-state index is 0.00712. The van der Waals surface area contributed by atoms with Gasteiger partial charge in [-0.15, -0.1) is 0 Å². The first kappa shape index (κ1) is 14.9. The molecule has 1 aliphatic rings. The maximum atomic E-state index is 12.5. The van der Waals surface area contributed by atoms with E-state index in [0.717, 1.165) is 31.4 Å². The first-order valence-electron chi connectivity index (χ1n) is 7.30. The van der Waals surface area contributed by atoms with Crippen molar-refractivity contribution in [1.82, 2.24) is 5.32 Å². The lowest BCUT2D eigenvalue weighted by atomic mass is 9.77. The molecular formula is C16H24N2O2. The van der Waals surface area contributed by atoms with Gasteiger partial charge in [-0.05, 0) is 43.7 Å². The number of para-hydroxylation sites is 1. The standard InChI is InChI=1S/C16H24N2O2/c1-12-7-9-16(11-19,10-8-12)18-15(20)13-5-3-4-6-14(13)17-2/h3-6,12,17,19H,7-11H2,1-2H3,(H,18,20). The monoisotopic (exact) mass is 276 g/mol. The van der Waals surface area contributed by atoms with Gasteiger partial charge in [-0.3, -0.25) is 4.79 Å². The summed E-state index contributed by atoms with van der Waals surface area (Å²) in [5.74, 6) is 0.565. The highest BCUT2D eigenvalue weighted by atomic mass is 16.3.